The number of ether oxygens (including phenoxy) is 2. The van der Waals surface area contributed by atoms with Gasteiger partial charge in [-0.15, -0.1) is 0 Å². The highest BCUT2D eigenvalue weighted by Gasteiger charge is 2.46. The molecule has 3 aromatic rings. The van der Waals surface area contributed by atoms with Crippen molar-refractivity contribution < 1.29 is 22.3 Å². The predicted molar refractivity (Wildman–Crippen MR) is 117 cm³/mol. The summed E-state index contributed by atoms with van der Waals surface area (Å²) in [5.74, 6) is 1.05. The minimum Gasteiger partial charge on any atom is -0.492 e. The molecule has 1 aromatic heterocycles. The molecule has 31 heavy (non-hydrogen) atoms. The third-order valence-electron chi connectivity index (χ3n) is 5.74. The number of hydrogen-bond acceptors (Lipinski definition) is 7. The fraction of sp³-hybridized carbons (Fsp3) is 0.381. The van der Waals surface area contributed by atoms with Crippen LogP contribution in [0.4, 0.5) is 4.39 Å². The van der Waals surface area contributed by atoms with Crippen LogP contribution in [0.3, 0.4) is 0 Å². The molecule has 7 nitrogen and oxygen atoms in total. The molecule has 2 aliphatic rings. The molecule has 0 aliphatic carbocycles. The van der Waals surface area contributed by atoms with Gasteiger partial charge in [-0.1, -0.05) is 11.3 Å². The first kappa shape index (κ1) is 20.6. The Bertz CT molecular complexity index is 1200. The summed E-state index contributed by atoms with van der Waals surface area (Å²) in [5, 5.41) is 0.460. The second-order valence-corrected chi connectivity index (χ2v) is 10.8. The van der Waals surface area contributed by atoms with Crippen molar-refractivity contribution in [1.82, 2.24) is 14.2 Å². The topological polar surface area (TPSA) is 72.0 Å². The van der Waals surface area contributed by atoms with Crippen molar-refractivity contribution >= 4 is 31.6 Å². The van der Waals surface area contributed by atoms with Crippen LogP contribution in [0.25, 0.3) is 10.2 Å². The summed E-state index contributed by atoms with van der Waals surface area (Å²) >= 11 is 1.36. The lowest BCUT2D eigenvalue weighted by Crippen LogP contribution is -2.49. The van der Waals surface area contributed by atoms with Crippen LogP contribution in [-0.2, 0) is 10.0 Å². The van der Waals surface area contributed by atoms with Crippen molar-refractivity contribution in [3.8, 4) is 16.7 Å². The van der Waals surface area contributed by atoms with Gasteiger partial charge in [0.25, 0.3) is 5.19 Å². The van der Waals surface area contributed by atoms with E-state index in [-0.39, 0.29) is 17.9 Å². The van der Waals surface area contributed by atoms with Gasteiger partial charge in [0.2, 0.25) is 10.0 Å². The number of piperazine rings is 1. The zero-order chi connectivity index (χ0) is 21.6. The standard InChI is InChI=1S/C21H22FN3O4S2/c1-31(26,27)25-13-15-11-16(25)12-24(15)8-9-28-17-3-5-18(6-4-17)29-21-23-19-10-14(22)2-7-20(19)30-21/h2-7,10,15-16H,8-9,11-13H2,1H3/t15-,16-/m1/s1. The number of likely N-dealkylation sites (tertiary alicyclic amines) is 1. The summed E-state index contributed by atoms with van der Waals surface area (Å²) < 4.78 is 51.0. The lowest BCUT2D eigenvalue weighted by Gasteiger charge is -2.32. The van der Waals surface area contributed by atoms with E-state index in [1.807, 2.05) is 24.3 Å². The van der Waals surface area contributed by atoms with Crippen LogP contribution in [0.15, 0.2) is 42.5 Å². The van der Waals surface area contributed by atoms with E-state index in [0.29, 0.717) is 29.6 Å². The molecule has 0 unspecified atom stereocenters. The molecule has 2 aliphatic heterocycles. The molecule has 0 amide bonds. The zero-order valence-corrected chi connectivity index (χ0v) is 18.5. The second-order valence-electron chi connectivity index (χ2n) is 7.88. The molecule has 0 spiro atoms. The van der Waals surface area contributed by atoms with Gasteiger partial charge in [-0.3, -0.25) is 4.90 Å². The van der Waals surface area contributed by atoms with Gasteiger partial charge in [0.1, 0.15) is 23.9 Å². The largest absolute Gasteiger partial charge is 0.492 e. The molecule has 164 valence electrons. The van der Waals surface area contributed by atoms with E-state index in [1.165, 1.54) is 29.7 Å². The summed E-state index contributed by atoms with van der Waals surface area (Å²) in [6.07, 6.45) is 2.18. The van der Waals surface area contributed by atoms with Gasteiger partial charge in [0.05, 0.1) is 16.5 Å². The van der Waals surface area contributed by atoms with Crippen LogP contribution in [0.2, 0.25) is 0 Å². The Morgan fingerprint density at radius 2 is 1.90 bits per heavy atom. The molecule has 2 fully saturated rings. The Balaban J connectivity index is 1.12. The number of rotatable bonds is 7. The third kappa shape index (κ3) is 4.38. The van der Waals surface area contributed by atoms with E-state index in [4.69, 9.17) is 9.47 Å². The molecule has 3 heterocycles. The molecule has 0 saturated carbocycles. The van der Waals surface area contributed by atoms with E-state index in [9.17, 15) is 12.8 Å². The van der Waals surface area contributed by atoms with E-state index < -0.39 is 10.0 Å². The van der Waals surface area contributed by atoms with E-state index in [1.54, 1.807) is 10.4 Å². The molecule has 10 heteroatoms. The monoisotopic (exact) mass is 463 g/mol. The second kappa shape index (κ2) is 8.01. The fourth-order valence-electron chi connectivity index (χ4n) is 4.30. The number of nitrogens with zero attached hydrogens (tertiary/aromatic N) is 3. The van der Waals surface area contributed by atoms with Gasteiger partial charge in [0.15, 0.2) is 0 Å². The highest BCUT2D eigenvalue weighted by molar-refractivity contribution is 7.88. The molecule has 5 rings (SSSR count). The number of fused-ring (bicyclic) bond motifs is 3. The van der Waals surface area contributed by atoms with Crippen molar-refractivity contribution in [2.24, 2.45) is 0 Å². The third-order valence-corrected chi connectivity index (χ3v) is 7.95. The van der Waals surface area contributed by atoms with Crippen molar-refractivity contribution in [2.45, 2.75) is 18.5 Å². The summed E-state index contributed by atoms with van der Waals surface area (Å²) in [6.45, 7) is 2.64. The summed E-state index contributed by atoms with van der Waals surface area (Å²) in [5.41, 5.74) is 0.579. The minimum absolute atomic E-state index is 0.0930. The van der Waals surface area contributed by atoms with Crippen LogP contribution < -0.4 is 9.47 Å². The average Bonchev–Trinajstić information content (AvgIpc) is 3.42. The first-order valence-electron chi connectivity index (χ1n) is 10.0. The SMILES string of the molecule is CS(=O)(=O)N1C[C@H]2C[C@@H]1CN2CCOc1ccc(Oc2nc3cc(F)ccc3s2)cc1. The highest BCUT2D eigenvalue weighted by atomic mass is 32.2. The predicted octanol–water partition coefficient (Wildman–Crippen LogP) is 3.32. The van der Waals surface area contributed by atoms with Gasteiger partial charge in [-0.05, 0) is 42.8 Å². The van der Waals surface area contributed by atoms with Crippen LogP contribution in [0.1, 0.15) is 6.42 Å². The quantitative estimate of drug-likeness (QED) is 0.535. The van der Waals surface area contributed by atoms with Crippen molar-refractivity contribution in [1.29, 1.82) is 0 Å². The Morgan fingerprint density at radius 1 is 1.13 bits per heavy atom. The lowest BCUT2D eigenvalue weighted by atomic mass is 10.2. The van der Waals surface area contributed by atoms with Gasteiger partial charge in [-0.2, -0.15) is 4.31 Å². The van der Waals surface area contributed by atoms with Crippen molar-refractivity contribution in [2.75, 3.05) is 32.5 Å². The average molecular weight is 464 g/mol. The van der Waals surface area contributed by atoms with Gasteiger partial charge in [0, 0.05) is 37.8 Å². The fourth-order valence-corrected chi connectivity index (χ4v) is 6.25. The Hall–Kier alpha value is -2.27. The van der Waals surface area contributed by atoms with E-state index >= 15 is 0 Å². The van der Waals surface area contributed by atoms with Gasteiger partial charge in [-0.25, -0.2) is 17.8 Å². The number of aromatic nitrogens is 1. The summed E-state index contributed by atoms with van der Waals surface area (Å²) in [7, 11) is -3.11. The molecule has 0 N–H and O–H groups in total. The molecule has 2 saturated heterocycles. The van der Waals surface area contributed by atoms with E-state index in [0.717, 1.165) is 30.0 Å². The molecule has 2 bridgehead atoms. The van der Waals surface area contributed by atoms with Gasteiger partial charge < -0.3 is 9.47 Å². The number of halogens is 1. The number of sulfonamides is 1. The van der Waals surface area contributed by atoms with Crippen LogP contribution >= 0.6 is 11.3 Å². The summed E-state index contributed by atoms with van der Waals surface area (Å²) in [6, 6.07) is 12.2. The van der Waals surface area contributed by atoms with Crippen LogP contribution in [-0.4, -0.2) is 67.2 Å². The molecule has 0 radical (unpaired) electrons. The summed E-state index contributed by atoms with van der Waals surface area (Å²) in [4.78, 5) is 6.61. The molecule has 2 atom stereocenters. The Morgan fingerprint density at radius 3 is 2.61 bits per heavy atom. The Kier molecular flexibility index (Phi) is 5.33. The first-order chi connectivity index (χ1) is 14.8. The minimum atomic E-state index is -3.11. The maximum atomic E-state index is 13.3. The highest BCUT2D eigenvalue weighted by Crippen LogP contribution is 2.33. The van der Waals surface area contributed by atoms with E-state index in [2.05, 4.69) is 9.88 Å². The first-order valence-corrected chi connectivity index (χ1v) is 12.7. The maximum absolute atomic E-state index is 13.3. The normalized spacial score (nSPS) is 21.7. The zero-order valence-electron chi connectivity index (χ0n) is 16.9. The van der Waals surface area contributed by atoms with Crippen molar-refractivity contribution in [3.63, 3.8) is 0 Å². The molecule has 2 aromatic carbocycles. The van der Waals surface area contributed by atoms with Gasteiger partial charge >= 0.3 is 0 Å². The number of thiazole rings is 1. The maximum Gasteiger partial charge on any atom is 0.279 e. The number of benzene rings is 2. The molecular formula is C21H22FN3O4S2. The van der Waals surface area contributed by atoms with Crippen LogP contribution in [0, 0.1) is 5.82 Å². The lowest BCUT2D eigenvalue weighted by molar-refractivity contribution is 0.153. The Labute approximate surface area is 184 Å². The number of hydrogen-bond donors (Lipinski definition) is 0. The van der Waals surface area contributed by atoms with Crippen molar-refractivity contribution in [3.05, 3.63) is 48.3 Å². The molecular weight excluding hydrogens is 441 g/mol. The van der Waals surface area contributed by atoms with Crippen LogP contribution in [0.5, 0.6) is 16.7 Å². The smallest absolute Gasteiger partial charge is 0.279 e.